The lowest BCUT2D eigenvalue weighted by Crippen LogP contribution is -2.59. The van der Waals surface area contributed by atoms with Gasteiger partial charge >= 0.3 is 24.4 Å². The Hall–Kier alpha value is -0.670. The van der Waals surface area contributed by atoms with Gasteiger partial charge in [-0.1, -0.05) is 0 Å². The lowest BCUT2D eigenvalue weighted by Gasteiger charge is -2.33. The van der Waals surface area contributed by atoms with E-state index in [9.17, 15) is 39.5 Å². The van der Waals surface area contributed by atoms with Crippen LogP contribution in [-0.4, -0.2) is 30.2 Å². The van der Waals surface area contributed by atoms with Crippen molar-refractivity contribution >= 4 is 0 Å². The smallest absolute Gasteiger partial charge is 0.279 e. The van der Waals surface area contributed by atoms with E-state index in [4.69, 9.17) is 0 Å². The third-order valence-electron chi connectivity index (χ3n) is 1.43. The second-order valence-electron chi connectivity index (χ2n) is 3.48. The molecule has 0 aliphatic carbocycles. The van der Waals surface area contributed by atoms with Gasteiger partial charge < -0.3 is 0 Å². The van der Waals surface area contributed by atoms with Crippen LogP contribution in [0.5, 0.6) is 0 Å². The molecule has 0 aliphatic heterocycles. The second kappa shape index (κ2) is 4.21. The first-order valence-corrected chi connectivity index (χ1v) is 3.96. The second-order valence-corrected chi connectivity index (χ2v) is 3.48. The van der Waals surface area contributed by atoms with Crippen molar-refractivity contribution in [1.29, 1.82) is 0 Å². The van der Waals surface area contributed by atoms with E-state index in [2.05, 4.69) is 4.74 Å². The fourth-order valence-electron chi connectivity index (χ4n) is 0.700. The fourth-order valence-corrected chi connectivity index (χ4v) is 0.700. The Bertz CT molecular complexity index is 267. The van der Waals surface area contributed by atoms with Crippen LogP contribution in [0.1, 0.15) is 13.8 Å². The molecule has 0 atom stereocenters. The molecule has 17 heavy (non-hydrogen) atoms. The van der Waals surface area contributed by atoms with E-state index >= 15 is 0 Å². The maximum Gasteiger partial charge on any atom is 0.428 e. The summed E-state index contributed by atoms with van der Waals surface area (Å²) in [6, 6.07) is 0. The zero-order valence-corrected chi connectivity index (χ0v) is 8.39. The molecule has 0 aromatic heterocycles. The summed E-state index contributed by atoms with van der Waals surface area (Å²) in [7, 11) is 0. The standard InChI is InChI=1S/C7H7F9O/c1-4(2,10)17-7(15,16)6(13,14)5(11,12)3(8)9/h3H,1-2H3. The van der Waals surface area contributed by atoms with Gasteiger partial charge in [-0.2, -0.15) is 26.3 Å². The Balaban J connectivity index is 5.30. The maximum absolute atomic E-state index is 12.5. The monoisotopic (exact) mass is 278 g/mol. The third kappa shape index (κ3) is 3.17. The molecule has 0 radical (unpaired) electrons. The van der Waals surface area contributed by atoms with Crippen LogP contribution in [0.2, 0.25) is 0 Å². The first-order valence-electron chi connectivity index (χ1n) is 3.96. The zero-order chi connectivity index (χ0) is 14.3. The van der Waals surface area contributed by atoms with E-state index in [-0.39, 0.29) is 13.8 Å². The quantitative estimate of drug-likeness (QED) is 0.694. The SMILES string of the molecule is CC(C)(F)OC(F)(F)C(F)(F)C(F)(F)C(F)F. The fraction of sp³-hybridized carbons (Fsp3) is 1.00. The van der Waals surface area contributed by atoms with Gasteiger partial charge in [0.05, 0.1) is 0 Å². The van der Waals surface area contributed by atoms with E-state index < -0.39 is 30.2 Å². The van der Waals surface area contributed by atoms with E-state index in [1.165, 1.54) is 0 Å². The highest BCUT2D eigenvalue weighted by atomic mass is 19.4. The Morgan fingerprint density at radius 2 is 1.18 bits per heavy atom. The molecule has 0 N–H and O–H groups in total. The van der Waals surface area contributed by atoms with Crippen molar-refractivity contribution in [3.63, 3.8) is 0 Å². The predicted molar refractivity (Wildman–Crippen MR) is 37.1 cm³/mol. The normalized spacial score (nSPS) is 15.5. The molecule has 0 amide bonds. The van der Waals surface area contributed by atoms with Gasteiger partial charge in [-0.25, -0.2) is 13.2 Å². The Morgan fingerprint density at radius 1 is 0.824 bits per heavy atom. The largest absolute Gasteiger partial charge is 0.428 e. The number of halogens is 9. The van der Waals surface area contributed by atoms with Crippen LogP contribution >= 0.6 is 0 Å². The van der Waals surface area contributed by atoms with Crippen LogP contribution in [-0.2, 0) is 4.74 Å². The molecule has 0 saturated carbocycles. The summed E-state index contributed by atoms with van der Waals surface area (Å²) < 4.78 is 113. The molecular weight excluding hydrogens is 271 g/mol. The molecule has 0 saturated heterocycles. The molecule has 0 aromatic rings. The highest BCUT2D eigenvalue weighted by Crippen LogP contribution is 2.50. The van der Waals surface area contributed by atoms with Gasteiger partial charge in [0.2, 0.25) is 5.85 Å². The molecule has 104 valence electrons. The molecule has 0 rings (SSSR count). The van der Waals surface area contributed by atoms with Crippen LogP contribution in [0, 0.1) is 0 Å². The first-order chi connectivity index (χ1) is 7.15. The highest BCUT2D eigenvalue weighted by molar-refractivity contribution is 4.94. The third-order valence-corrected chi connectivity index (χ3v) is 1.43. The van der Waals surface area contributed by atoms with Gasteiger partial charge in [-0.3, -0.25) is 4.74 Å². The molecule has 1 nitrogen and oxygen atoms in total. The Morgan fingerprint density at radius 3 is 1.41 bits per heavy atom. The lowest BCUT2D eigenvalue weighted by atomic mass is 10.1. The van der Waals surface area contributed by atoms with Crippen molar-refractivity contribution in [2.24, 2.45) is 0 Å². The van der Waals surface area contributed by atoms with Crippen LogP contribution < -0.4 is 0 Å². The molecule has 0 spiro atoms. The van der Waals surface area contributed by atoms with Crippen LogP contribution in [0.3, 0.4) is 0 Å². The van der Waals surface area contributed by atoms with Crippen molar-refractivity contribution in [3.8, 4) is 0 Å². The van der Waals surface area contributed by atoms with Crippen molar-refractivity contribution in [2.75, 3.05) is 0 Å². The predicted octanol–water partition coefficient (Wildman–Crippen LogP) is 3.84. The van der Waals surface area contributed by atoms with Crippen molar-refractivity contribution in [2.45, 2.75) is 44.1 Å². The minimum atomic E-state index is -6.56. The topological polar surface area (TPSA) is 9.23 Å². The molecule has 0 aliphatic rings. The molecule has 0 aromatic carbocycles. The first kappa shape index (κ1) is 16.3. The Kier molecular flexibility index (Phi) is 4.05. The van der Waals surface area contributed by atoms with E-state index in [1.54, 1.807) is 0 Å². The highest BCUT2D eigenvalue weighted by Gasteiger charge is 2.77. The minimum absolute atomic E-state index is 0.220. The number of ether oxygens (including phenoxy) is 1. The molecule has 0 heterocycles. The molecule has 0 unspecified atom stereocenters. The molecule has 0 bridgehead atoms. The molecule has 10 heteroatoms. The summed E-state index contributed by atoms with van der Waals surface area (Å²) in [5.41, 5.74) is 0. The number of rotatable bonds is 5. The maximum atomic E-state index is 12.5. The van der Waals surface area contributed by atoms with Crippen molar-refractivity contribution in [1.82, 2.24) is 0 Å². The van der Waals surface area contributed by atoms with Gasteiger partial charge in [-0.15, -0.1) is 0 Å². The van der Waals surface area contributed by atoms with Gasteiger partial charge in [-0.05, 0) is 13.8 Å². The molecular formula is C7H7F9O. The molecule has 0 fully saturated rings. The summed E-state index contributed by atoms with van der Waals surface area (Å²) in [6.07, 6.45) is -11.2. The van der Waals surface area contributed by atoms with Gasteiger partial charge in [0, 0.05) is 0 Å². The van der Waals surface area contributed by atoms with Crippen molar-refractivity contribution in [3.05, 3.63) is 0 Å². The average Bonchev–Trinajstić information content (AvgIpc) is 1.98. The minimum Gasteiger partial charge on any atom is -0.279 e. The van der Waals surface area contributed by atoms with Gasteiger partial charge in [0.15, 0.2) is 0 Å². The zero-order valence-electron chi connectivity index (χ0n) is 8.39. The number of hydrogen-bond acceptors (Lipinski definition) is 1. The van der Waals surface area contributed by atoms with E-state index in [1.807, 2.05) is 0 Å². The van der Waals surface area contributed by atoms with Crippen LogP contribution in [0.25, 0.3) is 0 Å². The average molecular weight is 278 g/mol. The number of hydrogen-bond donors (Lipinski definition) is 0. The van der Waals surface area contributed by atoms with E-state index in [0.29, 0.717) is 0 Å². The number of alkyl halides is 9. The van der Waals surface area contributed by atoms with Gasteiger partial charge in [0.25, 0.3) is 0 Å². The summed E-state index contributed by atoms with van der Waals surface area (Å²) in [5, 5.41) is 0. The van der Waals surface area contributed by atoms with Crippen molar-refractivity contribution < 1.29 is 44.3 Å². The summed E-state index contributed by atoms with van der Waals surface area (Å²) in [6.45, 7) is 0.439. The Labute approximate surface area is 89.5 Å². The van der Waals surface area contributed by atoms with Gasteiger partial charge in [0.1, 0.15) is 0 Å². The van der Waals surface area contributed by atoms with E-state index in [0.717, 1.165) is 0 Å². The van der Waals surface area contributed by atoms with Crippen LogP contribution in [0.4, 0.5) is 39.5 Å². The summed E-state index contributed by atoms with van der Waals surface area (Å²) in [4.78, 5) is 0. The summed E-state index contributed by atoms with van der Waals surface area (Å²) in [5.74, 6) is -16.3. The summed E-state index contributed by atoms with van der Waals surface area (Å²) >= 11 is 0. The van der Waals surface area contributed by atoms with Crippen LogP contribution in [0.15, 0.2) is 0 Å². The lowest BCUT2D eigenvalue weighted by molar-refractivity contribution is -0.442.